The van der Waals surface area contributed by atoms with Gasteiger partial charge in [-0.3, -0.25) is 4.79 Å². The minimum Gasteiger partial charge on any atom is -0.310 e. The molecule has 1 amide bonds. The number of nitrogens with zero attached hydrogens (tertiary/aromatic N) is 3. The summed E-state index contributed by atoms with van der Waals surface area (Å²) < 4.78 is 0. The zero-order chi connectivity index (χ0) is 15.1. The molecule has 1 saturated carbocycles. The third kappa shape index (κ3) is 2.57. The first-order valence-corrected chi connectivity index (χ1v) is 8.02. The fraction of sp³-hybridized carbons (Fsp3) is 0.250. The van der Waals surface area contributed by atoms with Gasteiger partial charge in [-0.15, -0.1) is 10.2 Å². The summed E-state index contributed by atoms with van der Waals surface area (Å²) in [5.74, 6) is 0.853. The van der Waals surface area contributed by atoms with Gasteiger partial charge in [0.25, 0.3) is 0 Å². The Balaban J connectivity index is 1.69. The molecule has 0 saturated heterocycles. The zero-order valence-corrected chi connectivity index (χ0v) is 12.9. The number of benzene rings is 1. The molecule has 1 aliphatic carbocycles. The van der Waals surface area contributed by atoms with E-state index >= 15 is 0 Å². The van der Waals surface area contributed by atoms with Crippen LogP contribution >= 0.6 is 11.3 Å². The van der Waals surface area contributed by atoms with Crippen LogP contribution in [0.3, 0.4) is 0 Å². The highest BCUT2D eigenvalue weighted by atomic mass is 32.1. The Morgan fingerprint density at radius 3 is 2.82 bits per heavy atom. The van der Waals surface area contributed by atoms with Crippen molar-refractivity contribution in [2.45, 2.75) is 19.8 Å². The van der Waals surface area contributed by atoms with Gasteiger partial charge in [-0.2, -0.15) is 0 Å². The molecular formula is C16H14N4OS. The second kappa shape index (κ2) is 5.14. The number of aryl methyl sites for hydroxylation is 1. The Morgan fingerprint density at radius 2 is 2.09 bits per heavy atom. The first kappa shape index (κ1) is 13.3. The van der Waals surface area contributed by atoms with Crippen molar-refractivity contribution in [3.05, 3.63) is 35.5 Å². The van der Waals surface area contributed by atoms with Crippen molar-refractivity contribution in [2.75, 3.05) is 5.32 Å². The lowest BCUT2D eigenvalue weighted by Gasteiger charge is -2.05. The summed E-state index contributed by atoms with van der Waals surface area (Å²) in [6, 6.07) is 8.00. The summed E-state index contributed by atoms with van der Waals surface area (Å²) >= 11 is 1.57. The molecule has 0 atom stereocenters. The van der Waals surface area contributed by atoms with Crippen molar-refractivity contribution >= 4 is 33.8 Å². The van der Waals surface area contributed by atoms with Gasteiger partial charge >= 0.3 is 0 Å². The number of nitrogens with one attached hydrogen (secondary N) is 1. The van der Waals surface area contributed by atoms with Gasteiger partial charge in [-0.05, 0) is 37.3 Å². The molecule has 4 rings (SSSR count). The molecule has 0 aliphatic heterocycles. The van der Waals surface area contributed by atoms with Gasteiger partial charge in [0.05, 0.1) is 0 Å². The summed E-state index contributed by atoms with van der Waals surface area (Å²) in [5, 5.41) is 15.0. The fourth-order valence-corrected chi connectivity index (χ4v) is 3.02. The van der Waals surface area contributed by atoms with Gasteiger partial charge in [0.1, 0.15) is 15.8 Å². The van der Waals surface area contributed by atoms with Crippen molar-refractivity contribution < 1.29 is 4.79 Å². The van der Waals surface area contributed by atoms with E-state index in [-0.39, 0.29) is 11.8 Å². The molecule has 5 nitrogen and oxygen atoms in total. The highest BCUT2D eigenvalue weighted by Crippen LogP contribution is 2.31. The second-order valence-corrected chi connectivity index (χ2v) is 6.70. The maximum absolute atomic E-state index is 11.8. The molecule has 110 valence electrons. The highest BCUT2D eigenvalue weighted by molar-refractivity contribution is 7.14. The monoisotopic (exact) mass is 310 g/mol. The minimum absolute atomic E-state index is 0.0720. The summed E-state index contributed by atoms with van der Waals surface area (Å²) in [6.45, 7) is 1.94. The van der Waals surface area contributed by atoms with Crippen molar-refractivity contribution in [3.8, 4) is 10.6 Å². The molecule has 1 N–H and O–H groups in total. The minimum atomic E-state index is 0.0720. The average molecular weight is 310 g/mol. The van der Waals surface area contributed by atoms with Crippen LogP contribution in [-0.4, -0.2) is 21.1 Å². The SMILES string of the molecule is Cc1nnc(-c2ccc3cnc(NC(=O)C4CC4)cc3c2)s1. The molecular weight excluding hydrogens is 296 g/mol. The molecule has 6 heteroatoms. The van der Waals surface area contributed by atoms with Crippen molar-refractivity contribution in [1.82, 2.24) is 15.2 Å². The largest absolute Gasteiger partial charge is 0.310 e. The highest BCUT2D eigenvalue weighted by Gasteiger charge is 2.29. The zero-order valence-electron chi connectivity index (χ0n) is 12.0. The van der Waals surface area contributed by atoms with Crippen molar-refractivity contribution in [3.63, 3.8) is 0 Å². The van der Waals surface area contributed by atoms with Crippen LogP contribution in [0.15, 0.2) is 30.5 Å². The number of aromatic nitrogens is 3. The Labute approximate surface area is 131 Å². The Bertz CT molecular complexity index is 869. The van der Waals surface area contributed by atoms with Crippen LogP contribution in [0.5, 0.6) is 0 Å². The van der Waals surface area contributed by atoms with Crippen LogP contribution in [0.2, 0.25) is 0 Å². The van der Waals surface area contributed by atoms with E-state index in [1.807, 2.05) is 25.1 Å². The number of pyridine rings is 1. The molecule has 0 unspecified atom stereocenters. The number of carbonyl (C=O) groups excluding carboxylic acids is 1. The smallest absolute Gasteiger partial charge is 0.228 e. The van der Waals surface area contributed by atoms with Crippen LogP contribution in [0.4, 0.5) is 5.82 Å². The number of fused-ring (bicyclic) bond motifs is 1. The number of anilines is 1. The predicted molar refractivity (Wildman–Crippen MR) is 86.7 cm³/mol. The van der Waals surface area contributed by atoms with Crippen LogP contribution in [-0.2, 0) is 4.79 Å². The fourth-order valence-electron chi connectivity index (χ4n) is 2.33. The van der Waals surface area contributed by atoms with E-state index < -0.39 is 0 Å². The van der Waals surface area contributed by atoms with Gasteiger partial charge in [-0.25, -0.2) is 4.98 Å². The molecule has 0 radical (unpaired) electrons. The predicted octanol–water partition coefficient (Wildman–Crippen LogP) is 3.41. The number of carbonyl (C=O) groups is 1. The van der Waals surface area contributed by atoms with E-state index in [1.165, 1.54) is 0 Å². The molecule has 2 heterocycles. The van der Waals surface area contributed by atoms with Gasteiger partial charge in [0, 0.05) is 23.1 Å². The number of amides is 1. The summed E-state index contributed by atoms with van der Waals surface area (Å²) in [6.07, 6.45) is 3.76. The molecule has 22 heavy (non-hydrogen) atoms. The van der Waals surface area contributed by atoms with Crippen molar-refractivity contribution in [2.24, 2.45) is 5.92 Å². The van der Waals surface area contributed by atoms with Gasteiger partial charge < -0.3 is 5.32 Å². The van der Waals surface area contributed by atoms with E-state index in [4.69, 9.17) is 0 Å². The third-order valence-electron chi connectivity index (χ3n) is 3.69. The quantitative estimate of drug-likeness (QED) is 0.805. The Kier molecular flexibility index (Phi) is 3.11. The lowest BCUT2D eigenvalue weighted by atomic mass is 10.1. The lowest BCUT2D eigenvalue weighted by molar-refractivity contribution is -0.117. The summed E-state index contributed by atoms with van der Waals surface area (Å²) in [4.78, 5) is 16.1. The number of hydrogen-bond acceptors (Lipinski definition) is 5. The van der Waals surface area contributed by atoms with E-state index in [1.54, 1.807) is 17.5 Å². The Morgan fingerprint density at radius 1 is 1.23 bits per heavy atom. The summed E-state index contributed by atoms with van der Waals surface area (Å²) in [7, 11) is 0. The second-order valence-electron chi connectivity index (χ2n) is 5.52. The lowest BCUT2D eigenvalue weighted by Crippen LogP contribution is -2.14. The molecule has 1 aromatic carbocycles. The average Bonchev–Trinajstić information content (AvgIpc) is 3.28. The maximum atomic E-state index is 11.8. The first-order valence-electron chi connectivity index (χ1n) is 7.20. The van der Waals surface area contributed by atoms with E-state index in [2.05, 4.69) is 26.6 Å². The molecule has 0 bridgehead atoms. The molecule has 1 aliphatic rings. The maximum Gasteiger partial charge on any atom is 0.228 e. The van der Waals surface area contributed by atoms with E-state index in [9.17, 15) is 4.79 Å². The normalized spacial score (nSPS) is 14.2. The van der Waals surface area contributed by atoms with Gasteiger partial charge in [-0.1, -0.05) is 23.5 Å². The molecule has 0 spiro atoms. The standard InChI is InChI=1S/C16H14N4OS/c1-9-19-20-16(22-9)11-4-5-12-8-17-14(7-13(12)6-11)18-15(21)10-2-3-10/h4-8,10H,2-3H2,1H3,(H,17,18,21). The van der Waals surface area contributed by atoms with Crippen LogP contribution < -0.4 is 5.32 Å². The Hall–Kier alpha value is -2.34. The number of rotatable bonds is 3. The van der Waals surface area contributed by atoms with Crippen LogP contribution in [0, 0.1) is 12.8 Å². The molecule has 3 aromatic rings. The molecule has 1 fully saturated rings. The third-order valence-corrected chi connectivity index (χ3v) is 4.58. The van der Waals surface area contributed by atoms with Crippen molar-refractivity contribution in [1.29, 1.82) is 0 Å². The van der Waals surface area contributed by atoms with E-state index in [0.717, 1.165) is 39.2 Å². The van der Waals surface area contributed by atoms with Gasteiger partial charge in [0.15, 0.2) is 0 Å². The van der Waals surface area contributed by atoms with Crippen LogP contribution in [0.25, 0.3) is 21.3 Å². The van der Waals surface area contributed by atoms with E-state index in [0.29, 0.717) is 5.82 Å². The number of hydrogen-bond donors (Lipinski definition) is 1. The van der Waals surface area contributed by atoms with Crippen LogP contribution in [0.1, 0.15) is 17.8 Å². The van der Waals surface area contributed by atoms with Gasteiger partial charge in [0.2, 0.25) is 5.91 Å². The summed E-state index contributed by atoms with van der Waals surface area (Å²) in [5.41, 5.74) is 1.03. The molecule has 2 aromatic heterocycles. The first-order chi connectivity index (χ1) is 10.7. The topological polar surface area (TPSA) is 67.8 Å².